The standard InChI is InChI=1S/C34H45N5O8/c1-20(40)38(11)23-14-12-13-21(17-23)18-25(37-30(43)46-33(5,6)7)28(41)35-22-15-16-26-24(19-22)36-27(29(42)45-32(2,3)4)39(26)31(44)47-34(8,9)10/h12-17,19,25H,18H2,1-11H3,(H,35,41)(H,37,43)/t25-/m0/s1. The molecule has 13 heteroatoms. The van der Waals surface area contributed by atoms with Crippen LogP contribution in [0, 0.1) is 0 Å². The minimum absolute atomic E-state index is 0.0724. The van der Waals surface area contributed by atoms with Crippen molar-refractivity contribution in [3.63, 3.8) is 0 Å². The van der Waals surface area contributed by atoms with Crippen LogP contribution >= 0.6 is 0 Å². The zero-order chi connectivity index (χ0) is 35.5. The molecule has 0 saturated heterocycles. The van der Waals surface area contributed by atoms with Crippen molar-refractivity contribution >= 4 is 52.4 Å². The minimum atomic E-state index is -1.09. The van der Waals surface area contributed by atoms with Gasteiger partial charge in [-0.3, -0.25) is 9.59 Å². The average Bonchev–Trinajstić information content (AvgIpc) is 3.29. The van der Waals surface area contributed by atoms with Gasteiger partial charge in [-0.2, -0.15) is 0 Å². The molecule has 0 aliphatic carbocycles. The summed E-state index contributed by atoms with van der Waals surface area (Å²) >= 11 is 0. The molecule has 1 aromatic heterocycles. The summed E-state index contributed by atoms with van der Waals surface area (Å²) in [6.45, 7) is 16.7. The minimum Gasteiger partial charge on any atom is -0.454 e. The Labute approximate surface area is 274 Å². The fourth-order valence-corrected chi connectivity index (χ4v) is 4.31. The lowest BCUT2D eigenvalue weighted by Crippen LogP contribution is -2.47. The molecule has 1 heterocycles. The second-order valence-electron chi connectivity index (χ2n) is 14.1. The number of nitrogens with zero attached hydrogens (tertiary/aromatic N) is 3. The van der Waals surface area contributed by atoms with Crippen molar-refractivity contribution < 1.29 is 38.2 Å². The third-order valence-electron chi connectivity index (χ3n) is 6.30. The van der Waals surface area contributed by atoms with Gasteiger partial charge in [0, 0.05) is 31.8 Å². The van der Waals surface area contributed by atoms with E-state index >= 15 is 0 Å². The van der Waals surface area contributed by atoms with E-state index in [1.807, 2.05) is 0 Å². The van der Waals surface area contributed by atoms with Crippen LogP contribution < -0.4 is 15.5 Å². The van der Waals surface area contributed by atoms with Crippen molar-refractivity contribution in [3.8, 4) is 0 Å². The van der Waals surface area contributed by atoms with Crippen molar-refractivity contribution in [1.29, 1.82) is 0 Å². The Hall–Kier alpha value is -4.94. The van der Waals surface area contributed by atoms with Gasteiger partial charge in [-0.25, -0.2) is 23.9 Å². The molecule has 254 valence electrons. The molecule has 0 aliphatic rings. The van der Waals surface area contributed by atoms with Gasteiger partial charge in [-0.1, -0.05) is 12.1 Å². The predicted molar refractivity (Wildman–Crippen MR) is 178 cm³/mol. The van der Waals surface area contributed by atoms with E-state index in [-0.39, 0.29) is 34.9 Å². The maximum Gasteiger partial charge on any atom is 0.420 e. The van der Waals surface area contributed by atoms with E-state index < -0.39 is 46.9 Å². The van der Waals surface area contributed by atoms with Crippen molar-refractivity contribution in [2.24, 2.45) is 0 Å². The van der Waals surface area contributed by atoms with Gasteiger partial charge in [-0.15, -0.1) is 0 Å². The number of hydrogen-bond acceptors (Lipinski definition) is 9. The molecule has 0 unspecified atom stereocenters. The number of fused-ring (bicyclic) bond motifs is 1. The summed E-state index contributed by atoms with van der Waals surface area (Å²) in [7, 11) is 1.64. The third-order valence-corrected chi connectivity index (χ3v) is 6.30. The molecule has 3 amide bonds. The lowest BCUT2D eigenvalue weighted by molar-refractivity contribution is -0.118. The molecule has 3 rings (SSSR count). The van der Waals surface area contributed by atoms with Crippen molar-refractivity contribution in [3.05, 3.63) is 53.9 Å². The van der Waals surface area contributed by atoms with Crippen LogP contribution in [0.4, 0.5) is 21.0 Å². The largest absolute Gasteiger partial charge is 0.454 e. The molecule has 0 spiro atoms. The van der Waals surface area contributed by atoms with Gasteiger partial charge in [-0.05, 0) is 98.2 Å². The number of rotatable bonds is 7. The van der Waals surface area contributed by atoms with Gasteiger partial charge in [0.2, 0.25) is 17.6 Å². The molecule has 0 fully saturated rings. The Morgan fingerprint density at radius 1 is 0.851 bits per heavy atom. The first-order valence-electron chi connectivity index (χ1n) is 15.2. The number of alkyl carbamates (subject to hydrolysis) is 1. The number of anilines is 2. The second-order valence-corrected chi connectivity index (χ2v) is 14.1. The van der Waals surface area contributed by atoms with Gasteiger partial charge >= 0.3 is 18.2 Å². The van der Waals surface area contributed by atoms with Crippen LogP contribution in [-0.4, -0.2) is 69.4 Å². The van der Waals surface area contributed by atoms with E-state index in [9.17, 15) is 24.0 Å². The number of ether oxygens (including phenoxy) is 3. The van der Waals surface area contributed by atoms with E-state index in [2.05, 4.69) is 15.6 Å². The predicted octanol–water partition coefficient (Wildman–Crippen LogP) is 5.83. The third kappa shape index (κ3) is 10.5. The Bertz CT molecular complexity index is 1670. The first-order valence-corrected chi connectivity index (χ1v) is 15.2. The number of hydrogen-bond donors (Lipinski definition) is 2. The van der Waals surface area contributed by atoms with Gasteiger partial charge in [0.25, 0.3) is 0 Å². The molecule has 0 aliphatic heterocycles. The monoisotopic (exact) mass is 651 g/mol. The molecule has 2 N–H and O–H groups in total. The number of carbonyl (C=O) groups is 5. The summed E-state index contributed by atoms with van der Waals surface area (Å²) in [6.07, 6.45) is -1.54. The summed E-state index contributed by atoms with van der Waals surface area (Å²) in [5, 5.41) is 5.43. The summed E-state index contributed by atoms with van der Waals surface area (Å²) in [4.78, 5) is 70.5. The quantitative estimate of drug-likeness (QED) is 0.237. The Kier molecular flexibility index (Phi) is 10.7. The molecular formula is C34H45N5O8. The van der Waals surface area contributed by atoms with E-state index in [4.69, 9.17) is 14.2 Å². The van der Waals surface area contributed by atoms with E-state index in [1.165, 1.54) is 30.0 Å². The van der Waals surface area contributed by atoms with Gasteiger partial charge < -0.3 is 29.7 Å². The van der Waals surface area contributed by atoms with Gasteiger partial charge in [0.1, 0.15) is 22.8 Å². The first-order chi connectivity index (χ1) is 21.5. The van der Waals surface area contributed by atoms with Crippen LogP contribution in [0.1, 0.15) is 85.4 Å². The smallest absolute Gasteiger partial charge is 0.420 e. The highest BCUT2D eigenvalue weighted by Gasteiger charge is 2.30. The van der Waals surface area contributed by atoms with Crippen LogP contribution in [0.25, 0.3) is 11.0 Å². The average molecular weight is 652 g/mol. The van der Waals surface area contributed by atoms with E-state index in [1.54, 1.807) is 93.6 Å². The van der Waals surface area contributed by atoms with Crippen LogP contribution in [-0.2, 0) is 30.2 Å². The maximum atomic E-state index is 13.7. The van der Waals surface area contributed by atoms with E-state index in [0.29, 0.717) is 11.3 Å². The molecule has 0 bridgehead atoms. The number of carbonyl (C=O) groups excluding carboxylic acids is 5. The SMILES string of the molecule is CC(=O)N(C)c1cccc(C[C@H](NC(=O)OC(C)(C)C)C(=O)Nc2ccc3c(c2)nc(C(=O)OC(C)(C)C)n3C(=O)OC(C)(C)C)c1. The highest BCUT2D eigenvalue weighted by atomic mass is 16.6. The van der Waals surface area contributed by atoms with Crippen LogP contribution in [0.5, 0.6) is 0 Å². The van der Waals surface area contributed by atoms with Crippen molar-refractivity contribution in [1.82, 2.24) is 14.9 Å². The number of aromatic nitrogens is 2. The summed E-state index contributed by atoms with van der Waals surface area (Å²) in [6, 6.07) is 10.5. The summed E-state index contributed by atoms with van der Waals surface area (Å²) in [5.41, 5.74) is -0.460. The molecule has 13 nitrogen and oxygen atoms in total. The summed E-state index contributed by atoms with van der Waals surface area (Å²) in [5.74, 6) is -1.85. The van der Waals surface area contributed by atoms with Crippen LogP contribution in [0.15, 0.2) is 42.5 Å². The molecule has 2 aromatic carbocycles. The molecular weight excluding hydrogens is 606 g/mol. The lowest BCUT2D eigenvalue weighted by Gasteiger charge is -2.24. The zero-order valence-electron chi connectivity index (χ0n) is 28.9. The molecule has 1 atom stereocenters. The number of esters is 1. The lowest BCUT2D eigenvalue weighted by atomic mass is 10.0. The number of imidazole rings is 1. The molecule has 0 radical (unpaired) electrons. The van der Waals surface area contributed by atoms with Gasteiger partial charge in [0.15, 0.2) is 0 Å². The van der Waals surface area contributed by atoms with Crippen LogP contribution in [0.2, 0.25) is 0 Å². The molecule has 47 heavy (non-hydrogen) atoms. The number of benzene rings is 2. The molecule has 3 aromatic rings. The van der Waals surface area contributed by atoms with Crippen molar-refractivity contribution in [2.75, 3.05) is 17.3 Å². The van der Waals surface area contributed by atoms with Crippen LogP contribution in [0.3, 0.4) is 0 Å². The fourth-order valence-electron chi connectivity index (χ4n) is 4.31. The topological polar surface area (TPSA) is 158 Å². The normalized spacial score (nSPS) is 12.6. The number of amides is 3. The second kappa shape index (κ2) is 13.8. The Morgan fingerprint density at radius 2 is 1.47 bits per heavy atom. The zero-order valence-corrected chi connectivity index (χ0v) is 28.9. The number of nitrogens with one attached hydrogen (secondary N) is 2. The van der Waals surface area contributed by atoms with Gasteiger partial charge in [0.05, 0.1) is 11.0 Å². The molecule has 0 saturated carbocycles. The first kappa shape index (κ1) is 36.5. The van der Waals surface area contributed by atoms with Crippen molar-refractivity contribution in [2.45, 2.75) is 98.5 Å². The maximum absolute atomic E-state index is 13.7. The van der Waals surface area contributed by atoms with E-state index in [0.717, 1.165) is 4.57 Å². The fraction of sp³-hybridized carbons (Fsp3) is 0.471. The summed E-state index contributed by atoms with van der Waals surface area (Å²) < 4.78 is 17.5. The highest BCUT2D eigenvalue weighted by Crippen LogP contribution is 2.25. The Morgan fingerprint density at radius 3 is 2.04 bits per heavy atom. The highest BCUT2D eigenvalue weighted by molar-refractivity contribution is 6.01. The Balaban J connectivity index is 1.99.